The van der Waals surface area contributed by atoms with E-state index in [2.05, 4.69) is 10.4 Å². The van der Waals surface area contributed by atoms with E-state index in [4.69, 9.17) is 5.73 Å². The standard InChI is InChI=1S/C7H8N4O/c8-6(12)5-4-10-11-3-1-2-9-7(5)11/h1,3-4,9H,2H2,(H2,8,12). The number of carbonyl (C=O) groups is 1. The largest absolute Gasteiger partial charge is 0.366 e. The van der Waals surface area contributed by atoms with E-state index in [9.17, 15) is 4.79 Å². The number of fused-ring (bicyclic) bond motifs is 1. The molecule has 1 amide bonds. The van der Waals surface area contributed by atoms with Crippen LogP contribution in [0.1, 0.15) is 10.4 Å². The Morgan fingerprint density at radius 3 is 3.33 bits per heavy atom. The number of hydrogen-bond acceptors (Lipinski definition) is 3. The Hall–Kier alpha value is -1.78. The van der Waals surface area contributed by atoms with Crippen molar-refractivity contribution in [3.8, 4) is 0 Å². The van der Waals surface area contributed by atoms with Crippen molar-refractivity contribution >= 4 is 17.9 Å². The third-order valence-corrected chi connectivity index (χ3v) is 1.69. The molecule has 0 aromatic carbocycles. The smallest absolute Gasteiger partial charge is 0.254 e. The van der Waals surface area contributed by atoms with Crippen LogP contribution in [-0.2, 0) is 0 Å². The molecule has 1 aliphatic heterocycles. The molecule has 1 aromatic rings. The number of hydrogen-bond donors (Lipinski definition) is 2. The lowest BCUT2D eigenvalue weighted by Gasteiger charge is -2.10. The molecule has 3 N–H and O–H groups in total. The Balaban J connectivity index is 2.53. The minimum atomic E-state index is -0.459. The van der Waals surface area contributed by atoms with Crippen molar-refractivity contribution in [3.05, 3.63) is 17.8 Å². The van der Waals surface area contributed by atoms with Crippen LogP contribution in [0.3, 0.4) is 0 Å². The number of anilines is 1. The van der Waals surface area contributed by atoms with Gasteiger partial charge in [0, 0.05) is 12.7 Å². The molecule has 0 unspecified atom stereocenters. The van der Waals surface area contributed by atoms with Gasteiger partial charge in [-0.3, -0.25) is 4.79 Å². The first-order chi connectivity index (χ1) is 5.79. The molecule has 5 nitrogen and oxygen atoms in total. The summed E-state index contributed by atoms with van der Waals surface area (Å²) in [5, 5.41) is 6.95. The summed E-state index contributed by atoms with van der Waals surface area (Å²) in [5.74, 6) is 0.212. The summed E-state index contributed by atoms with van der Waals surface area (Å²) in [6.07, 6.45) is 5.16. The summed E-state index contributed by atoms with van der Waals surface area (Å²) in [5.41, 5.74) is 5.56. The average Bonchev–Trinajstić information content (AvgIpc) is 2.47. The van der Waals surface area contributed by atoms with Crippen molar-refractivity contribution in [2.45, 2.75) is 0 Å². The molecule has 62 valence electrons. The number of nitrogens with one attached hydrogen (secondary N) is 1. The van der Waals surface area contributed by atoms with Gasteiger partial charge in [0.15, 0.2) is 0 Å². The average molecular weight is 164 g/mol. The van der Waals surface area contributed by atoms with Crippen LogP contribution in [-0.4, -0.2) is 22.2 Å². The fourth-order valence-corrected chi connectivity index (χ4v) is 1.14. The van der Waals surface area contributed by atoms with Crippen LogP contribution in [0.5, 0.6) is 0 Å². The van der Waals surface area contributed by atoms with Crippen molar-refractivity contribution in [1.82, 2.24) is 9.78 Å². The molecule has 1 aliphatic rings. The third-order valence-electron chi connectivity index (χ3n) is 1.69. The number of primary amides is 1. The molecule has 0 saturated carbocycles. The summed E-state index contributed by atoms with van der Waals surface area (Å²) in [7, 11) is 0. The van der Waals surface area contributed by atoms with Gasteiger partial charge in [-0.1, -0.05) is 0 Å². The SMILES string of the molecule is NC(=O)c1cnn2c1NCC=C2. The van der Waals surface area contributed by atoms with Crippen LogP contribution in [0.2, 0.25) is 0 Å². The maximum absolute atomic E-state index is 10.8. The van der Waals surface area contributed by atoms with Crippen molar-refractivity contribution < 1.29 is 4.79 Å². The van der Waals surface area contributed by atoms with E-state index in [0.717, 1.165) is 0 Å². The van der Waals surface area contributed by atoms with Gasteiger partial charge in [0.05, 0.1) is 6.20 Å². The maximum Gasteiger partial charge on any atom is 0.254 e. The van der Waals surface area contributed by atoms with Gasteiger partial charge in [-0.2, -0.15) is 5.10 Å². The summed E-state index contributed by atoms with van der Waals surface area (Å²) in [4.78, 5) is 10.8. The van der Waals surface area contributed by atoms with Gasteiger partial charge < -0.3 is 11.1 Å². The zero-order valence-corrected chi connectivity index (χ0v) is 6.32. The van der Waals surface area contributed by atoms with Gasteiger partial charge in [0.2, 0.25) is 0 Å². The zero-order chi connectivity index (χ0) is 8.55. The van der Waals surface area contributed by atoms with Crippen LogP contribution < -0.4 is 11.1 Å². The third kappa shape index (κ3) is 0.868. The molecule has 0 saturated heterocycles. The van der Waals surface area contributed by atoms with E-state index in [0.29, 0.717) is 17.9 Å². The molecule has 12 heavy (non-hydrogen) atoms. The van der Waals surface area contributed by atoms with Crippen molar-refractivity contribution in [2.24, 2.45) is 5.73 Å². The molecular formula is C7H8N4O. The molecule has 0 atom stereocenters. The van der Waals surface area contributed by atoms with Crippen molar-refractivity contribution in [1.29, 1.82) is 0 Å². The summed E-state index contributed by atoms with van der Waals surface area (Å²) < 4.78 is 1.59. The lowest BCUT2D eigenvalue weighted by Crippen LogP contribution is -2.16. The first kappa shape index (κ1) is 6.90. The second-order valence-corrected chi connectivity index (χ2v) is 2.48. The van der Waals surface area contributed by atoms with Crippen LogP contribution in [0.25, 0.3) is 6.20 Å². The van der Waals surface area contributed by atoms with E-state index in [1.807, 2.05) is 6.08 Å². The van der Waals surface area contributed by atoms with Gasteiger partial charge in [-0.15, -0.1) is 0 Å². The molecule has 0 fully saturated rings. The lowest BCUT2D eigenvalue weighted by molar-refractivity contribution is 0.100. The first-order valence-corrected chi connectivity index (χ1v) is 3.57. The quantitative estimate of drug-likeness (QED) is 0.607. The van der Waals surface area contributed by atoms with E-state index in [1.165, 1.54) is 6.20 Å². The number of nitrogens with zero attached hydrogens (tertiary/aromatic N) is 2. The number of rotatable bonds is 1. The van der Waals surface area contributed by atoms with Gasteiger partial charge in [-0.05, 0) is 6.08 Å². The zero-order valence-electron chi connectivity index (χ0n) is 6.32. The molecule has 0 aliphatic carbocycles. The summed E-state index contributed by atoms with van der Waals surface area (Å²) >= 11 is 0. The molecule has 5 heteroatoms. The number of aromatic nitrogens is 2. The Kier molecular flexibility index (Phi) is 1.36. The van der Waals surface area contributed by atoms with Crippen molar-refractivity contribution in [2.75, 3.05) is 11.9 Å². The number of carbonyl (C=O) groups excluding carboxylic acids is 1. The Bertz CT molecular complexity index is 352. The van der Waals surface area contributed by atoms with Crippen LogP contribution in [0.4, 0.5) is 5.82 Å². The highest BCUT2D eigenvalue weighted by Gasteiger charge is 2.14. The second-order valence-electron chi connectivity index (χ2n) is 2.48. The fourth-order valence-electron chi connectivity index (χ4n) is 1.14. The minimum Gasteiger partial charge on any atom is -0.366 e. The molecule has 2 heterocycles. The first-order valence-electron chi connectivity index (χ1n) is 3.57. The maximum atomic E-state index is 10.8. The Morgan fingerprint density at radius 2 is 2.58 bits per heavy atom. The summed E-state index contributed by atoms with van der Waals surface area (Å²) in [6, 6.07) is 0. The predicted molar refractivity (Wildman–Crippen MR) is 44.6 cm³/mol. The van der Waals surface area contributed by atoms with E-state index in [-0.39, 0.29) is 0 Å². The molecule has 0 bridgehead atoms. The fraction of sp³-hybridized carbons (Fsp3) is 0.143. The molecule has 0 radical (unpaired) electrons. The topological polar surface area (TPSA) is 72.9 Å². The van der Waals surface area contributed by atoms with Gasteiger partial charge in [0.25, 0.3) is 5.91 Å². The van der Waals surface area contributed by atoms with Crippen LogP contribution in [0, 0.1) is 0 Å². The van der Waals surface area contributed by atoms with Gasteiger partial charge in [0.1, 0.15) is 11.4 Å². The van der Waals surface area contributed by atoms with E-state index >= 15 is 0 Å². The minimum absolute atomic E-state index is 0.430. The van der Waals surface area contributed by atoms with Gasteiger partial charge in [-0.25, -0.2) is 4.68 Å². The Labute approximate surface area is 68.9 Å². The highest BCUT2D eigenvalue weighted by molar-refractivity contribution is 5.98. The number of nitrogens with two attached hydrogens (primary N) is 1. The molecule has 1 aromatic heterocycles. The van der Waals surface area contributed by atoms with E-state index in [1.54, 1.807) is 10.9 Å². The summed E-state index contributed by atoms with van der Waals surface area (Å²) in [6.45, 7) is 0.700. The van der Waals surface area contributed by atoms with E-state index < -0.39 is 5.91 Å². The highest BCUT2D eigenvalue weighted by Crippen LogP contribution is 2.16. The monoisotopic (exact) mass is 164 g/mol. The molecule has 0 spiro atoms. The normalized spacial score (nSPS) is 13.7. The van der Waals surface area contributed by atoms with Crippen molar-refractivity contribution in [3.63, 3.8) is 0 Å². The van der Waals surface area contributed by atoms with Gasteiger partial charge >= 0.3 is 0 Å². The number of amides is 1. The van der Waals surface area contributed by atoms with Crippen LogP contribution in [0.15, 0.2) is 12.3 Å². The molecular weight excluding hydrogens is 156 g/mol. The highest BCUT2D eigenvalue weighted by atomic mass is 16.1. The van der Waals surface area contributed by atoms with Crippen LogP contribution >= 0.6 is 0 Å². The molecule has 2 rings (SSSR count). The Morgan fingerprint density at radius 1 is 1.75 bits per heavy atom. The second kappa shape index (κ2) is 2.37. The predicted octanol–water partition coefficient (Wildman–Crippen LogP) is -0.122. The lowest BCUT2D eigenvalue weighted by atomic mass is 10.3.